The Hall–Kier alpha value is -1.88. The zero-order chi connectivity index (χ0) is 15.1. The van der Waals surface area contributed by atoms with Gasteiger partial charge in [-0.3, -0.25) is 9.59 Å². The molecule has 2 rings (SSSR count). The molecule has 1 unspecified atom stereocenters. The molecule has 1 fully saturated rings. The van der Waals surface area contributed by atoms with E-state index < -0.39 is 0 Å². The first-order valence-corrected chi connectivity index (χ1v) is 7.53. The van der Waals surface area contributed by atoms with Gasteiger partial charge in [-0.15, -0.1) is 0 Å². The summed E-state index contributed by atoms with van der Waals surface area (Å²) in [6.45, 7) is 2.33. The van der Waals surface area contributed by atoms with Crippen molar-refractivity contribution in [3.63, 3.8) is 0 Å². The Bertz CT molecular complexity index is 470. The largest absolute Gasteiger partial charge is 0.355 e. The predicted molar refractivity (Wildman–Crippen MR) is 81.7 cm³/mol. The summed E-state index contributed by atoms with van der Waals surface area (Å²) in [5.74, 6) is -0.345. The first-order valence-electron chi connectivity index (χ1n) is 7.53. The summed E-state index contributed by atoms with van der Waals surface area (Å²) in [5, 5.41) is 2.82. The fourth-order valence-corrected chi connectivity index (χ4v) is 2.62. The number of rotatable bonds is 6. The highest BCUT2D eigenvalue weighted by Crippen LogP contribution is 2.14. The number of likely N-dealkylation sites (tertiary alicyclic amines) is 1. The van der Waals surface area contributed by atoms with Gasteiger partial charge in [0.25, 0.3) is 0 Å². The molecule has 1 aliphatic rings. The summed E-state index contributed by atoms with van der Waals surface area (Å²) >= 11 is 0. The molecule has 114 valence electrons. The first-order chi connectivity index (χ1) is 10.2. The lowest BCUT2D eigenvalue weighted by atomic mass is 9.98. The number of nitrogens with zero attached hydrogens (tertiary/aromatic N) is 1. The third kappa shape index (κ3) is 4.29. The van der Waals surface area contributed by atoms with Gasteiger partial charge < -0.3 is 16.0 Å². The molecule has 0 aromatic heterocycles. The Labute approximate surface area is 125 Å². The lowest BCUT2D eigenvalue weighted by Gasteiger charge is -2.17. The van der Waals surface area contributed by atoms with Crippen LogP contribution in [0.2, 0.25) is 0 Å². The Morgan fingerprint density at radius 3 is 2.48 bits per heavy atom. The number of nitrogens with one attached hydrogen (secondary N) is 1. The zero-order valence-electron chi connectivity index (χ0n) is 12.3. The predicted octanol–water partition coefficient (Wildman–Crippen LogP) is 0.858. The lowest BCUT2D eigenvalue weighted by molar-refractivity contribution is -0.130. The van der Waals surface area contributed by atoms with Gasteiger partial charge in [-0.25, -0.2) is 0 Å². The van der Waals surface area contributed by atoms with Crippen LogP contribution in [-0.2, 0) is 9.59 Å². The molecule has 1 saturated heterocycles. The maximum Gasteiger partial charge on any atom is 0.228 e. The van der Waals surface area contributed by atoms with E-state index in [4.69, 9.17) is 5.73 Å². The second kappa shape index (κ2) is 7.78. The normalized spacial score (nSPS) is 15.8. The maximum atomic E-state index is 12.2. The van der Waals surface area contributed by atoms with E-state index >= 15 is 0 Å². The Kier molecular flexibility index (Phi) is 5.75. The molecule has 0 spiro atoms. The van der Waals surface area contributed by atoms with Gasteiger partial charge in [0, 0.05) is 32.6 Å². The highest BCUT2D eigenvalue weighted by atomic mass is 16.2. The van der Waals surface area contributed by atoms with Crippen LogP contribution in [0.4, 0.5) is 0 Å². The van der Waals surface area contributed by atoms with E-state index in [-0.39, 0.29) is 24.3 Å². The van der Waals surface area contributed by atoms with Crippen LogP contribution < -0.4 is 11.1 Å². The number of carbonyl (C=O) groups is 2. The smallest absolute Gasteiger partial charge is 0.228 e. The molecule has 1 atom stereocenters. The zero-order valence-corrected chi connectivity index (χ0v) is 12.3. The summed E-state index contributed by atoms with van der Waals surface area (Å²) in [6.07, 6.45) is 2.53. The summed E-state index contributed by atoms with van der Waals surface area (Å²) < 4.78 is 0. The van der Waals surface area contributed by atoms with Crippen LogP contribution in [0.15, 0.2) is 30.3 Å². The van der Waals surface area contributed by atoms with E-state index in [1.165, 1.54) is 0 Å². The fourth-order valence-electron chi connectivity index (χ4n) is 2.62. The molecule has 2 amide bonds. The van der Waals surface area contributed by atoms with Gasteiger partial charge in [-0.2, -0.15) is 0 Å². The van der Waals surface area contributed by atoms with E-state index in [1.807, 2.05) is 35.2 Å². The van der Waals surface area contributed by atoms with Crippen molar-refractivity contribution in [3.05, 3.63) is 35.9 Å². The molecule has 1 aliphatic heterocycles. The van der Waals surface area contributed by atoms with Crippen LogP contribution in [0.3, 0.4) is 0 Å². The van der Waals surface area contributed by atoms with Crippen LogP contribution in [-0.4, -0.2) is 42.9 Å². The molecular formula is C16H23N3O2. The van der Waals surface area contributed by atoms with E-state index in [2.05, 4.69) is 5.32 Å². The van der Waals surface area contributed by atoms with Crippen LogP contribution >= 0.6 is 0 Å². The first kappa shape index (κ1) is 15.5. The van der Waals surface area contributed by atoms with Crippen molar-refractivity contribution in [3.8, 4) is 0 Å². The summed E-state index contributed by atoms with van der Waals surface area (Å²) in [4.78, 5) is 25.9. The highest BCUT2D eigenvalue weighted by molar-refractivity contribution is 5.84. The number of nitrogens with two attached hydrogens (primary N) is 1. The van der Waals surface area contributed by atoms with E-state index in [0.29, 0.717) is 13.0 Å². The van der Waals surface area contributed by atoms with Crippen molar-refractivity contribution in [2.24, 2.45) is 5.73 Å². The second-order valence-electron chi connectivity index (χ2n) is 5.33. The summed E-state index contributed by atoms with van der Waals surface area (Å²) in [7, 11) is 0. The quantitative estimate of drug-likeness (QED) is 0.815. The molecule has 5 heteroatoms. The summed E-state index contributed by atoms with van der Waals surface area (Å²) in [6, 6.07) is 9.48. The molecule has 1 heterocycles. The molecule has 0 bridgehead atoms. The molecule has 0 aliphatic carbocycles. The topological polar surface area (TPSA) is 75.4 Å². The third-order valence-corrected chi connectivity index (χ3v) is 3.85. The van der Waals surface area contributed by atoms with Gasteiger partial charge in [-0.1, -0.05) is 30.3 Å². The summed E-state index contributed by atoms with van der Waals surface area (Å²) in [5.41, 5.74) is 6.61. The van der Waals surface area contributed by atoms with Gasteiger partial charge in [0.1, 0.15) is 0 Å². The highest BCUT2D eigenvalue weighted by Gasteiger charge is 2.20. The Morgan fingerprint density at radius 2 is 1.86 bits per heavy atom. The number of hydrogen-bond donors (Lipinski definition) is 2. The van der Waals surface area contributed by atoms with Gasteiger partial charge >= 0.3 is 0 Å². The van der Waals surface area contributed by atoms with Crippen LogP contribution in [0.1, 0.15) is 30.7 Å². The van der Waals surface area contributed by atoms with Crippen molar-refractivity contribution in [2.45, 2.75) is 25.2 Å². The van der Waals surface area contributed by atoms with E-state index in [9.17, 15) is 9.59 Å². The van der Waals surface area contributed by atoms with Crippen LogP contribution in [0.25, 0.3) is 0 Å². The standard InChI is InChI=1S/C16H23N3O2/c17-12-14(13-6-2-1-3-7-13)16(21)18-9-8-15(20)19-10-4-5-11-19/h1-3,6-7,14H,4-5,8-12,17H2,(H,18,21). The number of benzene rings is 1. The second-order valence-corrected chi connectivity index (χ2v) is 5.33. The molecule has 3 N–H and O–H groups in total. The minimum atomic E-state index is -0.354. The average molecular weight is 289 g/mol. The lowest BCUT2D eigenvalue weighted by Crippen LogP contribution is -2.36. The van der Waals surface area contributed by atoms with Crippen molar-refractivity contribution in [1.29, 1.82) is 0 Å². The molecular weight excluding hydrogens is 266 g/mol. The molecule has 0 radical (unpaired) electrons. The number of amides is 2. The SMILES string of the molecule is NCC(C(=O)NCCC(=O)N1CCCC1)c1ccccc1. The number of hydrogen-bond acceptors (Lipinski definition) is 3. The van der Waals surface area contributed by atoms with Crippen molar-refractivity contribution in [2.75, 3.05) is 26.2 Å². The van der Waals surface area contributed by atoms with E-state index in [1.54, 1.807) is 0 Å². The van der Waals surface area contributed by atoms with Crippen molar-refractivity contribution in [1.82, 2.24) is 10.2 Å². The Balaban J connectivity index is 1.79. The van der Waals surface area contributed by atoms with Gasteiger partial charge in [-0.05, 0) is 18.4 Å². The monoisotopic (exact) mass is 289 g/mol. The number of carbonyl (C=O) groups excluding carboxylic acids is 2. The molecule has 21 heavy (non-hydrogen) atoms. The minimum Gasteiger partial charge on any atom is -0.355 e. The van der Waals surface area contributed by atoms with Crippen molar-refractivity contribution < 1.29 is 9.59 Å². The molecule has 0 saturated carbocycles. The molecule has 1 aromatic rings. The van der Waals surface area contributed by atoms with Gasteiger partial charge in [0.2, 0.25) is 11.8 Å². The van der Waals surface area contributed by atoms with Gasteiger partial charge in [0.05, 0.1) is 5.92 Å². The van der Waals surface area contributed by atoms with Gasteiger partial charge in [0.15, 0.2) is 0 Å². The Morgan fingerprint density at radius 1 is 1.19 bits per heavy atom. The average Bonchev–Trinajstić information content (AvgIpc) is 3.03. The minimum absolute atomic E-state index is 0.113. The molecule has 5 nitrogen and oxygen atoms in total. The van der Waals surface area contributed by atoms with Crippen LogP contribution in [0, 0.1) is 0 Å². The van der Waals surface area contributed by atoms with Crippen molar-refractivity contribution >= 4 is 11.8 Å². The fraction of sp³-hybridized carbons (Fsp3) is 0.500. The maximum absolute atomic E-state index is 12.2. The van der Waals surface area contributed by atoms with E-state index in [0.717, 1.165) is 31.5 Å². The van der Waals surface area contributed by atoms with Crippen LogP contribution in [0.5, 0.6) is 0 Å². The molecule has 1 aromatic carbocycles. The third-order valence-electron chi connectivity index (χ3n) is 3.85.